The van der Waals surface area contributed by atoms with Gasteiger partial charge in [0.05, 0.1) is 11.0 Å². The Morgan fingerprint density at radius 3 is 2.85 bits per heavy atom. The lowest BCUT2D eigenvalue weighted by Crippen LogP contribution is -1.84. The van der Waals surface area contributed by atoms with Gasteiger partial charge in [-0.25, -0.2) is 0 Å². The SMILES string of the molecule is Nc1ccc2c(-c3cnc4ccccc4c3)n[nH]c2c1. The Morgan fingerprint density at radius 2 is 1.90 bits per heavy atom. The van der Waals surface area contributed by atoms with Crippen LogP contribution in [0.15, 0.2) is 54.7 Å². The molecule has 3 N–H and O–H groups in total. The van der Waals surface area contributed by atoms with Gasteiger partial charge in [-0.3, -0.25) is 10.1 Å². The van der Waals surface area contributed by atoms with Crippen LogP contribution in [0, 0.1) is 0 Å². The van der Waals surface area contributed by atoms with E-state index < -0.39 is 0 Å². The van der Waals surface area contributed by atoms with E-state index in [1.54, 1.807) is 0 Å². The zero-order valence-electron chi connectivity index (χ0n) is 10.7. The number of para-hydroxylation sites is 1. The fourth-order valence-corrected chi connectivity index (χ4v) is 2.46. The van der Waals surface area contributed by atoms with E-state index in [9.17, 15) is 0 Å². The minimum Gasteiger partial charge on any atom is -0.399 e. The number of pyridine rings is 1. The monoisotopic (exact) mass is 260 g/mol. The van der Waals surface area contributed by atoms with Crippen molar-refractivity contribution < 1.29 is 0 Å². The predicted octanol–water partition coefficient (Wildman–Crippen LogP) is 3.36. The van der Waals surface area contributed by atoms with Crippen LogP contribution in [0.5, 0.6) is 0 Å². The fourth-order valence-electron chi connectivity index (χ4n) is 2.46. The first-order valence-electron chi connectivity index (χ1n) is 6.40. The van der Waals surface area contributed by atoms with Gasteiger partial charge < -0.3 is 5.73 Å². The van der Waals surface area contributed by atoms with Crippen LogP contribution in [0.3, 0.4) is 0 Å². The second-order valence-corrected chi connectivity index (χ2v) is 4.79. The van der Waals surface area contributed by atoms with Crippen LogP contribution in [0.1, 0.15) is 0 Å². The molecule has 4 nitrogen and oxygen atoms in total. The van der Waals surface area contributed by atoms with Gasteiger partial charge >= 0.3 is 0 Å². The first-order valence-corrected chi connectivity index (χ1v) is 6.40. The van der Waals surface area contributed by atoms with E-state index in [0.29, 0.717) is 0 Å². The van der Waals surface area contributed by atoms with E-state index in [4.69, 9.17) is 5.73 Å². The third-order valence-electron chi connectivity index (χ3n) is 3.45. The molecular formula is C16H12N4. The topological polar surface area (TPSA) is 67.6 Å². The van der Waals surface area contributed by atoms with E-state index in [1.807, 2.05) is 42.6 Å². The summed E-state index contributed by atoms with van der Waals surface area (Å²) in [5.41, 5.74) is 10.3. The third kappa shape index (κ3) is 1.62. The molecule has 0 bridgehead atoms. The van der Waals surface area contributed by atoms with E-state index in [2.05, 4.69) is 27.3 Å². The molecule has 0 saturated carbocycles. The lowest BCUT2D eigenvalue weighted by atomic mass is 10.1. The summed E-state index contributed by atoms with van der Waals surface area (Å²) in [5, 5.41) is 9.57. The van der Waals surface area contributed by atoms with Gasteiger partial charge in [0.1, 0.15) is 5.69 Å². The maximum Gasteiger partial charge on any atom is 0.101 e. The summed E-state index contributed by atoms with van der Waals surface area (Å²) >= 11 is 0. The van der Waals surface area contributed by atoms with Crippen molar-refractivity contribution in [3.8, 4) is 11.3 Å². The summed E-state index contributed by atoms with van der Waals surface area (Å²) in [7, 11) is 0. The smallest absolute Gasteiger partial charge is 0.101 e. The number of anilines is 1. The highest BCUT2D eigenvalue weighted by Crippen LogP contribution is 2.28. The molecule has 4 heteroatoms. The number of rotatable bonds is 1. The number of nitrogens with zero attached hydrogens (tertiary/aromatic N) is 2. The molecule has 0 saturated heterocycles. The normalized spacial score (nSPS) is 11.2. The Balaban J connectivity index is 1.96. The maximum absolute atomic E-state index is 5.79. The molecule has 20 heavy (non-hydrogen) atoms. The number of aromatic nitrogens is 3. The molecular weight excluding hydrogens is 248 g/mol. The van der Waals surface area contributed by atoms with Crippen LogP contribution in [-0.4, -0.2) is 15.2 Å². The van der Waals surface area contributed by atoms with Crippen molar-refractivity contribution in [3.63, 3.8) is 0 Å². The number of hydrogen-bond acceptors (Lipinski definition) is 3. The Morgan fingerprint density at radius 1 is 1.00 bits per heavy atom. The maximum atomic E-state index is 5.79. The van der Waals surface area contributed by atoms with E-state index >= 15 is 0 Å². The number of benzene rings is 2. The number of hydrogen-bond donors (Lipinski definition) is 2. The zero-order chi connectivity index (χ0) is 13.5. The molecule has 0 atom stereocenters. The highest BCUT2D eigenvalue weighted by molar-refractivity contribution is 5.96. The molecule has 0 aliphatic carbocycles. The molecule has 0 unspecified atom stereocenters. The van der Waals surface area contributed by atoms with Gasteiger partial charge in [-0.2, -0.15) is 5.10 Å². The number of nitrogens with one attached hydrogen (secondary N) is 1. The molecule has 0 aliphatic rings. The van der Waals surface area contributed by atoms with E-state index in [0.717, 1.165) is 38.8 Å². The van der Waals surface area contributed by atoms with Crippen LogP contribution >= 0.6 is 0 Å². The van der Waals surface area contributed by atoms with Crippen LogP contribution < -0.4 is 5.73 Å². The highest BCUT2D eigenvalue weighted by atomic mass is 15.1. The first kappa shape index (κ1) is 11.0. The van der Waals surface area contributed by atoms with E-state index in [-0.39, 0.29) is 0 Å². The molecule has 2 heterocycles. The molecule has 0 spiro atoms. The summed E-state index contributed by atoms with van der Waals surface area (Å²) in [4.78, 5) is 4.48. The van der Waals surface area contributed by atoms with Gasteiger partial charge in [-0.15, -0.1) is 0 Å². The molecule has 0 amide bonds. The molecule has 0 aliphatic heterocycles. The molecule has 0 fully saturated rings. The average Bonchev–Trinajstić information content (AvgIpc) is 2.89. The van der Waals surface area contributed by atoms with Gasteiger partial charge in [0.2, 0.25) is 0 Å². The van der Waals surface area contributed by atoms with Crippen molar-refractivity contribution in [2.24, 2.45) is 0 Å². The molecule has 4 aromatic rings. The fraction of sp³-hybridized carbons (Fsp3) is 0. The number of nitrogens with two attached hydrogens (primary N) is 1. The summed E-state index contributed by atoms with van der Waals surface area (Å²) < 4.78 is 0. The standard InChI is InChI=1S/C16H12N4/c17-12-5-6-13-15(8-12)19-20-16(13)11-7-10-3-1-2-4-14(10)18-9-11/h1-9H,17H2,(H,19,20). The first-order chi connectivity index (χ1) is 9.81. The lowest BCUT2D eigenvalue weighted by Gasteiger charge is -2.01. The van der Waals surface area contributed by atoms with Gasteiger partial charge in [0, 0.05) is 28.2 Å². The predicted molar refractivity (Wildman–Crippen MR) is 81.2 cm³/mol. The van der Waals surface area contributed by atoms with Gasteiger partial charge in [-0.1, -0.05) is 18.2 Å². The van der Waals surface area contributed by atoms with Crippen LogP contribution in [0.4, 0.5) is 5.69 Å². The van der Waals surface area contributed by atoms with Crippen molar-refractivity contribution in [1.82, 2.24) is 15.2 Å². The molecule has 0 radical (unpaired) electrons. The Bertz CT molecular complexity index is 924. The Kier molecular flexibility index (Phi) is 2.23. The van der Waals surface area contributed by atoms with Crippen molar-refractivity contribution in [2.75, 3.05) is 5.73 Å². The summed E-state index contributed by atoms with van der Waals surface area (Å²) in [5.74, 6) is 0. The van der Waals surface area contributed by atoms with Gasteiger partial charge in [0.15, 0.2) is 0 Å². The highest BCUT2D eigenvalue weighted by Gasteiger charge is 2.09. The minimum atomic E-state index is 0.726. The molecule has 2 aromatic heterocycles. The van der Waals surface area contributed by atoms with Gasteiger partial charge in [-0.05, 0) is 30.3 Å². The third-order valence-corrected chi connectivity index (χ3v) is 3.45. The van der Waals surface area contributed by atoms with Crippen LogP contribution in [-0.2, 0) is 0 Å². The average molecular weight is 260 g/mol. The number of nitrogen functional groups attached to an aromatic ring is 1. The van der Waals surface area contributed by atoms with Crippen molar-refractivity contribution in [2.45, 2.75) is 0 Å². The zero-order valence-corrected chi connectivity index (χ0v) is 10.7. The second-order valence-electron chi connectivity index (χ2n) is 4.79. The number of fused-ring (bicyclic) bond motifs is 2. The minimum absolute atomic E-state index is 0.726. The van der Waals surface area contributed by atoms with Crippen molar-refractivity contribution in [1.29, 1.82) is 0 Å². The van der Waals surface area contributed by atoms with E-state index in [1.165, 1.54) is 0 Å². The number of H-pyrrole nitrogens is 1. The summed E-state index contributed by atoms with van der Waals surface area (Å²) in [6.07, 6.45) is 1.86. The van der Waals surface area contributed by atoms with Crippen molar-refractivity contribution in [3.05, 3.63) is 54.7 Å². The molecule has 2 aromatic carbocycles. The Labute approximate surface area is 115 Å². The molecule has 96 valence electrons. The lowest BCUT2D eigenvalue weighted by molar-refractivity contribution is 1.12. The Hall–Kier alpha value is -2.88. The largest absolute Gasteiger partial charge is 0.399 e. The van der Waals surface area contributed by atoms with Crippen LogP contribution in [0.25, 0.3) is 33.1 Å². The van der Waals surface area contributed by atoms with Gasteiger partial charge in [0.25, 0.3) is 0 Å². The summed E-state index contributed by atoms with van der Waals surface area (Å²) in [6.45, 7) is 0. The molecule has 4 rings (SSSR count). The summed E-state index contributed by atoms with van der Waals surface area (Å²) in [6, 6.07) is 15.9. The van der Waals surface area contributed by atoms with Crippen LogP contribution in [0.2, 0.25) is 0 Å². The quantitative estimate of drug-likeness (QED) is 0.516. The number of aromatic amines is 1. The second kappa shape index (κ2) is 4.06. The van der Waals surface area contributed by atoms with Crippen molar-refractivity contribution >= 4 is 27.5 Å².